The summed E-state index contributed by atoms with van der Waals surface area (Å²) in [5.41, 5.74) is 2.31. The van der Waals surface area contributed by atoms with Crippen molar-refractivity contribution in [1.29, 1.82) is 0 Å². The van der Waals surface area contributed by atoms with Crippen LogP contribution >= 0.6 is 0 Å². The Kier molecular flexibility index (Phi) is 4.25. The van der Waals surface area contributed by atoms with Gasteiger partial charge in [-0.15, -0.1) is 0 Å². The standard InChI is InChI=1S/C15H22O3/c1-4-12-7-8-14(16-6-3)13(11-12)15(5-2)17-9-10-18-15/h7-8,11H,4-6,9-10H2,1-3H3. The van der Waals surface area contributed by atoms with Gasteiger partial charge in [0.15, 0.2) is 5.79 Å². The average molecular weight is 250 g/mol. The second-order valence-electron chi connectivity index (χ2n) is 4.42. The molecule has 18 heavy (non-hydrogen) atoms. The third-order valence-corrected chi connectivity index (χ3v) is 3.38. The molecular weight excluding hydrogens is 228 g/mol. The lowest BCUT2D eigenvalue weighted by Crippen LogP contribution is -2.27. The largest absolute Gasteiger partial charge is 0.493 e. The first-order valence-electron chi connectivity index (χ1n) is 6.79. The number of rotatable bonds is 5. The number of ether oxygens (including phenoxy) is 3. The second kappa shape index (κ2) is 5.72. The zero-order valence-electron chi connectivity index (χ0n) is 11.5. The number of hydrogen-bond donors (Lipinski definition) is 0. The molecule has 0 spiro atoms. The summed E-state index contributed by atoms with van der Waals surface area (Å²) >= 11 is 0. The van der Waals surface area contributed by atoms with Gasteiger partial charge in [-0.25, -0.2) is 0 Å². The van der Waals surface area contributed by atoms with E-state index in [0.29, 0.717) is 19.8 Å². The fraction of sp³-hybridized carbons (Fsp3) is 0.600. The monoisotopic (exact) mass is 250 g/mol. The van der Waals surface area contributed by atoms with Crippen LogP contribution in [0.15, 0.2) is 18.2 Å². The van der Waals surface area contributed by atoms with E-state index in [2.05, 4.69) is 26.0 Å². The van der Waals surface area contributed by atoms with Gasteiger partial charge in [0.1, 0.15) is 5.75 Å². The Morgan fingerprint density at radius 2 is 1.89 bits per heavy atom. The Morgan fingerprint density at radius 3 is 2.44 bits per heavy atom. The van der Waals surface area contributed by atoms with E-state index in [1.54, 1.807) is 0 Å². The van der Waals surface area contributed by atoms with Gasteiger partial charge < -0.3 is 14.2 Å². The van der Waals surface area contributed by atoms with E-state index in [-0.39, 0.29) is 0 Å². The van der Waals surface area contributed by atoms with Crippen molar-refractivity contribution in [2.24, 2.45) is 0 Å². The molecule has 0 atom stereocenters. The third kappa shape index (κ3) is 2.38. The van der Waals surface area contributed by atoms with Crippen molar-refractivity contribution >= 4 is 0 Å². The Labute approximate surface area is 109 Å². The van der Waals surface area contributed by atoms with Gasteiger partial charge in [0, 0.05) is 6.42 Å². The van der Waals surface area contributed by atoms with E-state index >= 15 is 0 Å². The molecule has 2 rings (SSSR count). The fourth-order valence-corrected chi connectivity index (χ4v) is 2.38. The lowest BCUT2D eigenvalue weighted by atomic mass is 9.98. The molecule has 1 aliphatic rings. The molecule has 0 amide bonds. The van der Waals surface area contributed by atoms with Crippen LogP contribution < -0.4 is 4.74 Å². The van der Waals surface area contributed by atoms with Gasteiger partial charge in [-0.2, -0.15) is 0 Å². The minimum atomic E-state index is -0.615. The van der Waals surface area contributed by atoms with Crippen LogP contribution in [0.1, 0.15) is 38.3 Å². The molecule has 3 nitrogen and oxygen atoms in total. The Balaban J connectivity index is 2.44. The first kappa shape index (κ1) is 13.4. The molecule has 0 bridgehead atoms. The van der Waals surface area contributed by atoms with E-state index in [4.69, 9.17) is 14.2 Å². The Bertz CT molecular complexity index is 395. The van der Waals surface area contributed by atoms with Crippen LogP contribution in [0.25, 0.3) is 0 Å². The van der Waals surface area contributed by atoms with Crippen molar-refractivity contribution in [2.75, 3.05) is 19.8 Å². The molecule has 1 aromatic rings. The SMILES string of the molecule is CCOc1ccc(CC)cc1C1(CC)OCCO1. The minimum Gasteiger partial charge on any atom is -0.493 e. The minimum absolute atomic E-state index is 0.615. The van der Waals surface area contributed by atoms with Crippen LogP contribution in [0.2, 0.25) is 0 Å². The van der Waals surface area contributed by atoms with Crippen molar-refractivity contribution in [3.63, 3.8) is 0 Å². The topological polar surface area (TPSA) is 27.7 Å². The molecule has 0 radical (unpaired) electrons. The summed E-state index contributed by atoms with van der Waals surface area (Å²) in [6.45, 7) is 8.17. The zero-order chi connectivity index (χ0) is 13.0. The van der Waals surface area contributed by atoms with E-state index in [1.165, 1.54) is 5.56 Å². The summed E-state index contributed by atoms with van der Waals surface area (Å²) in [5, 5.41) is 0. The number of hydrogen-bond acceptors (Lipinski definition) is 3. The van der Waals surface area contributed by atoms with Gasteiger partial charge in [-0.1, -0.05) is 19.9 Å². The molecule has 0 saturated carbocycles. The summed E-state index contributed by atoms with van der Waals surface area (Å²) in [5.74, 6) is 0.258. The summed E-state index contributed by atoms with van der Waals surface area (Å²) in [7, 11) is 0. The van der Waals surface area contributed by atoms with E-state index in [1.807, 2.05) is 13.0 Å². The summed E-state index contributed by atoms with van der Waals surface area (Å²) in [6.07, 6.45) is 1.79. The van der Waals surface area contributed by atoms with Crippen LogP contribution in [-0.4, -0.2) is 19.8 Å². The van der Waals surface area contributed by atoms with Crippen molar-refractivity contribution in [3.8, 4) is 5.75 Å². The highest BCUT2D eigenvalue weighted by molar-refractivity contribution is 5.40. The molecule has 0 N–H and O–H groups in total. The molecular formula is C15H22O3. The van der Waals surface area contributed by atoms with Gasteiger partial charge in [-0.05, 0) is 31.0 Å². The van der Waals surface area contributed by atoms with E-state index in [9.17, 15) is 0 Å². The molecule has 100 valence electrons. The first-order chi connectivity index (χ1) is 8.75. The second-order valence-corrected chi connectivity index (χ2v) is 4.42. The van der Waals surface area contributed by atoms with Gasteiger partial charge in [-0.3, -0.25) is 0 Å². The zero-order valence-corrected chi connectivity index (χ0v) is 11.5. The average Bonchev–Trinajstić information content (AvgIpc) is 2.89. The lowest BCUT2D eigenvalue weighted by molar-refractivity contribution is -0.168. The Hall–Kier alpha value is -1.06. The fourth-order valence-electron chi connectivity index (χ4n) is 2.38. The molecule has 1 heterocycles. The van der Waals surface area contributed by atoms with Gasteiger partial charge in [0.2, 0.25) is 0 Å². The van der Waals surface area contributed by atoms with Gasteiger partial charge >= 0.3 is 0 Å². The van der Waals surface area contributed by atoms with E-state index < -0.39 is 5.79 Å². The summed E-state index contributed by atoms with van der Waals surface area (Å²) in [6, 6.07) is 6.28. The molecule has 3 heteroatoms. The van der Waals surface area contributed by atoms with Crippen LogP contribution in [0, 0.1) is 0 Å². The molecule has 0 aromatic heterocycles. The van der Waals surface area contributed by atoms with Crippen LogP contribution in [0.5, 0.6) is 5.75 Å². The lowest BCUT2D eigenvalue weighted by Gasteiger charge is -2.28. The van der Waals surface area contributed by atoms with E-state index in [0.717, 1.165) is 24.2 Å². The van der Waals surface area contributed by atoms with Crippen LogP contribution in [0.3, 0.4) is 0 Å². The molecule has 1 aliphatic heterocycles. The maximum absolute atomic E-state index is 5.86. The summed E-state index contributed by atoms with van der Waals surface area (Å²) < 4.78 is 17.4. The van der Waals surface area contributed by atoms with Gasteiger partial charge in [0.05, 0.1) is 25.4 Å². The Morgan fingerprint density at radius 1 is 1.17 bits per heavy atom. The maximum atomic E-state index is 5.86. The molecule has 1 aromatic carbocycles. The third-order valence-electron chi connectivity index (χ3n) is 3.38. The number of aryl methyl sites for hydroxylation is 1. The highest BCUT2D eigenvalue weighted by atomic mass is 16.7. The van der Waals surface area contributed by atoms with Gasteiger partial charge in [0.25, 0.3) is 0 Å². The van der Waals surface area contributed by atoms with Crippen molar-refractivity contribution < 1.29 is 14.2 Å². The molecule has 1 fully saturated rings. The van der Waals surface area contributed by atoms with Crippen LogP contribution in [-0.2, 0) is 21.7 Å². The summed E-state index contributed by atoms with van der Waals surface area (Å²) in [4.78, 5) is 0. The first-order valence-corrected chi connectivity index (χ1v) is 6.79. The van der Waals surface area contributed by atoms with Crippen LogP contribution in [0.4, 0.5) is 0 Å². The number of benzene rings is 1. The van der Waals surface area contributed by atoms with Crippen molar-refractivity contribution in [2.45, 2.75) is 39.4 Å². The predicted octanol–water partition coefficient (Wildman–Crippen LogP) is 3.26. The molecule has 1 saturated heterocycles. The normalized spacial score (nSPS) is 17.9. The highest BCUT2D eigenvalue weighted by Gasteiger charge is 2.39. The smallest absolute Gasteiger partial charge is 0.198 e. The molecule has 0 unspecified atom stereocenters. The maximum Gasteiger partial charge on any atom is 0.198 e. The van der Waals surface area contributed by atoms with Crippen molar-refractivity contribution in [1.82, 2.24) is 0 Å². The highest BCUT2D eigenvalue weighted by Crippen LogP contribution is 2.40. The predicted molar refractivity (Wildman–Crippen MR) is 70.9 cm³/mol. The van der Waals surface area contributed by atoms with Crippen molar-refractivity contribution in [3.05, 3.63) is 29.3 Å². The molecule has 0 aliphatic carbocycles. The quantitative estimate of drug-likeness (QED) is 0.802.